The Morgan fingerprint density at radius 3 is 2.80 bits per heavy atom. The summed E-state index contributed by atoms with van der Waals surface area (Å²) in [7, 11) is 1.63. The highest BCUT2D eigenvalue weighted by molar-refractivity contribution is 5.85. The molecule has 2 rings (SSSR count). The van der Waals surface area contributed by atoms with Crippen molar-refractivity contribution >= 4 is 12.2 Å². The average Bonchev–Trinajstić information content (AvgIpc) is 3.01. The van der Waals surface area contributed by atoms with Crippen molar-refractivity contribution in [3.8, 4) is 17.1 Å². The molecule has 0 fully saturated rings. The minimum absolute atomic E-state index is 0.160. The quantitative estimate of drug-likeness (QED) is 0.416. The number of rotatable bonds is 8. The van der Waals surface area contributed by atoms with Crippen LogP contribution in [0.5, 0.6) is 5.75 Å². The fourth-order valence-electron chi connectivity index (χ4n) is 2.09. The van der Waals surface area contributed by atoms with Gasteiger partial charge in [-0.15, -0.1) is 5.10 Å². The molecule has 134 valence electrons. The average molecular weight is 345 g/mol. The Balaban J connectivity index is 2.10. The summed E-state index contributed by atoms with van der Waals surface area (Å²) in [6.07, 6.45) is 4.19. The predicted molar refractivity (Wildman–Crippen MR) is 94.1 cm³/mol. The van der Waals surface area contributed by atoms with E-state index in [4.69, 9.17) is 14.2 Å². The second kappa shape index (κ2) is 8.98. The van der Waals surface area contributed by atoms with Gasteiger partial charge in [0.05, 0.1) is 12.7 Å². The fourth-order valence-corrected chi connectivity index (χ4v) is 2.09. The van der Waals surface area contributed by atoms with Crippen molar-refractivity contribution in [3.05, 3.63) is 36.2 Å². The number of methoxy groups -OCH3 is 1. The van der Waals surface area contributed by atoms with Crippen molar-refractivity contribution in [1.82, 2.24) is 14.8 Å². The van der Waals surface area contributed by atoms with E-state index in [-0.39, 0.29) is 6.10 Å². The van der Waals surface area contributed by atoms with E-state index >= 15 is 0 Å². The van der Waals surface area contributed by atoms with Crippen LogP contribution in [0.15, 0.2) is 30.6 Å². The Kier molecular flexibility index (Phi) is 6.71. The molecule has 7 nitrogen and oxygen atoms in total. The Morgan fingerprint density at radius 2 is 2.08 bits per heavy atom. The first kappa shape index (κ1) is 18.7. The molecule has 0 amide bonds. The van der Waals surface area contributed by atoms with Gasteiger partial charge in [0.25, 0.3) is 0 Å². The molecule has 0 aliphatic carbocycles. The molecule has 7 heteroatoms. The number of carbonyl (C=O) groups is 1. The maximum atomic E-state index is 11.5. The first-order chi connectivity index (χ1) is 12.0. The van der Waals surface area contributed by atoms with E-state index in [1.807, 2.05) is 25.1 Å². The zero-order valence-corrected chi connectivity index (χ0v) is 14.9. The lowest BCUT2D eigenvalue weighted by Crippen LogP contribution is -2.08. The third-order valence-electron chi connectivity index (χ3n) is 3.09. The second-order valence-corrected chi connectivity index (χ2v) is 5.73. The van der Waals surface area contributed by atoms with Crippen LogP contribution < -0.4 is 4.74 Å². The van der Waals surface area contributed by atoms with Crippen LogP contribution in [0, 0.1) is 6.92 Å². The van der Waals surface area contributed by atoms with Crippen LogP contribution in [-0.2, 0) is 14.3 Å². The van der Waals surface area contributed by atoms with Crippen LogP contribution in [0.25, 0.3) is 17.6 Å². The van der Waals surface area contributed by atoms with Gasteiger partial charge in [-0.1, -0.05) is 0 Å². The van der Waals surface area contributed by atoms with Crippen LogP contribution in [0.4, 0.5) is 0 Å². The maximum absolute atomic E-state index is 11.5. The molecular weight excluding hydrogens is 322 g/mol. The van der Waals surface area contributed by atoms with E-state index in [1.54, 1.807) is 21.0 Å². The van der Waals surface area contributed by atoms with Gasteiger partial charge in [-0.3, -0.25) is 0 Å². The first-order valence-corrected chi connectivity index (χ1v) is 8.01. The standard InChI is InChI=1S/C18H23N3O4/c1-13(2)25-17(22)5-6-21-12-19-18(20-21)15-9-14(3)10-16(11-15)24-8-7-23-4/h5-6,9-13H,7-8H2,1-4H3/b6-5-. The molecule has 1 heterocycles. The van der Waals surface area contributed by atoms with Crippen LogP contribution in [-0.4, -0.2) is 47.2 Å². The monoisotopic (exact) mass is 345 g/mol. The van der Waals surface area contributed by atoms with E-state index in [1.165, 1.54) is 23.3 Å². The van der Waals surface area contributed by atoms with Crippen molar-refractivity contribution in [1.29, 1.82) is 0 Å². The molecule has 1 aromatic carbocycles. The van der Waals surface area contributed by atoms with Crippen LogP contribution in [0.2, 0.25) is 0 Å². The minimum Gasteiger partial charge on any atom is -0.491 e. The van der Waals surface area contributed by atoms with Crippen molar-refractivity contribution in [2.24, 2.45) is 0 Å². The summed E-state index contributed by atoms with van der Waals surface area (Å²) < 4.78 is 17.1. The van der Waals surface area contributed by atoms with Gasteiger partial charge in [-0.25, -0.2) is 14.5 Å². The molecule has 0 aliphatic heterocycles. The van der Waals surface area contributed by atoms with Crippen LogP contribution in [0.1, 0.15) is 19.4 Å². The van der Waals surface area contributed by atoms with E-state index < -0.39 is 5.97 Å². The third-order valence-corrected chi connectivity index (χ3v) is 3.09. The predicted octanol–water partition coefficient (Wildman–Crippen LogP) is 2.70. The molecule has 0 N–H and O–H groups in total. The van der Waals surface area contributed by atoms with Crippen LogP contribution in [0.3, 0.4) is 0 Å². The van der Waals surface area contributed by atoms with Gasteiger partial charge in [-0.2, -0.15) is 0 Å². The Bertz CT molecular complexity index is 738. The zero-order valence-electron chi connectivity index (χ0n) is 14.9. The highest BCUT2D eigenvalue weighted by Crippen LogP contribution is 2.23. The number of benzene rings is 1. The maximum Gasteiger partial charge on any atom is 0.332 e. The number of esters is 1. The lowest BCUT2D eigenvalue weighted by atomic mass is 10.1. The molecule has 0 unspecified atom stereocenters. The summed E-state index contributed by atoms with van der Waals surface area (Å²) in [5, 5.41) is 4.34. The van der Waals surface area contributed by atoms with E-state index in [0.717, 1.165) is 16.9 Å². The molecule has 0 spiro atoms. The van der Waals surface area contributed by atoms with Crippen molar-refractivity contribution in [3.63, 3.8) is 0 Å². The topological polar surface area (TPSA) is 75.5 Å². The summed E-state index contributed by atoms with van der Waals surface area (Å²) in [6, 6.07) is 5.79. The highest BCUT2D eigenvalue weighted by atomic mass is 16.5. The van der Waals surface area contributed by atoms with Crippen molar-refractivity contribution in [2.45, 2.75) is 26.9 Å². The number of ether oxygens (including phenoxy) is 3. The lowest BCUT2D eigenvalue weighted by molar-refractivity contribution is -0.141. The summed E-state index contributed by atoms with van der Waals surface area (Å²) in [4.78, 5) is 15.8. The minimum atomic E-state index is -0.420. The normalized spacial score (nSPS) is 11.2. The second-order valence-electron chi connectivity index (χ2n) is 5.73. The molecule has 0 aliphatic rings. The van der Waals surface area contributed by atoms with E-state index in [0.29, 0.717) is 19.0 Å². The molecule has 1 aromatic heterocycles. The SMILES string of the molecule is COCCOc1cc(C)cc(-c2ncn(/C=C\C(=O)OC(C)C)n2)c1. The third kappa shape index (κ3) is 6.04. The fraction of sp³-hybridized carbons (Fsp3) is 0.389. The molecule has 0 saturated heterocycles. The molecule has 0 radical (unpaired) electrons. The summed E-state index contributed by atoms with van der Waals surface area (Å²) in [6.45, 7) is 6.56. The molecule has 0 bridgehead atoms. The van der Waals surface area contributed by atoms with Gasteiger partial charge < -0.3 is 14.2 Å². The van der Waals surface area contributed by atoms with Gasteiger partial charge >= 0.3 is 5.97 Å². The van der Waals surface area contributed by atoms with Crippen molar-refractivity contribution in [2.75, 3.05) is 20.3 Å². The number of aromatic nitrogens is 3. The molecule has 0 saturated carbocycles. The van der Waals surface area contributed by atoms with Gasteiger partial charge in [0.2, 0.25) is 0 Å². The van der Waals surface area contributed by atoms with Gasteiger partial charge in [0, 0.05) is 24.9 Å². The number of hydrogen-bond donors (Lipinski definition) is 0. The Morgan fingerprint density at radius 1 is 1.28 bits per heavy atom. The lowest BCUT2D eigenvalue weighted by Gasteiger charge is -2.08. The molecule has 25 heavy (non-hydrogen) atoms. The summed E-state index contributed by atoms with van der Waals surface area (Å²) >= 11 is 0. The number of carbonyl (C=O) groups excluding carboxylic acids is 1. The summed E-state index contributed by atoms with van der Waals surface area (Å²) in [5.74, 6) is 0.859. The van der Waals surface area contributed by atoms with Crippen molar-refractivity contribution < 1.29 is 19.0 Å². The number of hydrogen-bond acceptors (Lipinski definition) is 6. The van der Waals surface area contributed by atoms with Gasteiger partial charge in [0.1, 0.15) is 18.7 Å². The van der Waals surface area contributed by atoms with Crippen LogP contribution >= 0.6 is 0 Å². The molecular formula is C18H23N3O4. The number of nitrogens with zero attached hydrogens (tertiary/aromatic N) is 3. The van der Waals surface area contributed by atoms with E-state index in [2.05, 4.69) is 10.1 Å². The summed E-state index contributed by atoms with van der Waals surface area (Å²) in [5.41, 5.74) is 1.88. The Labute approximate surface area is 147 Å². The zero-order chi connectivity index (χ0) is 18.2. The smallest absolute Gasteiger partial charge is 0.332 e. The Hall–Kier alpha value is -2.67. The molecule has 2 aromatic rings. The van der Waals surface area contributed by atoms with Gasteiger partial charge in [0.15, 0.2) is 5.82 Å². The number of aryl methyl sites for hydroxylation is 1. The first-order valence-electron chi connectivity index (χ1n) is 8.01. The van der Waals surface area contributed by atoms with Gasteiger partial charge in [-0.05, 0) is 44.5 Å². The van der Waals surface area contributed by atoms with E-state index in [9.17, 15) is 4.79 Å². The molecule has 0 atom stereocenters. The largest absolute Gasteiger partial charge is 0.491 e. The highest BCUT2D eigenvalue weighted by Gasteiger charge is 2.07.